The second-order valence-electron chi connectivity index (χ2n) is 5.36. The van der Waals surface area contributed by atoms with Crippen molar-refractivity contribution in [3.8, 4) is 0 Å². The summed E-state index contributed by atoms with van der Waals surface area (Å²) in [5.74, 6) is -0.0291. The molecule has 1 saturated heterocycles. The summed E-state index contributed by atoms with van der Waals surface area (Å²) in [6, 6.07) is 5.05. The number of amides is 1. The van der Waals surface area contributed by atoms with Gasteiger partial charge in [0.25, 0.3) is 0 Å². The SMILES string of the molecule is CC(CC(=O)N1CCNCC1)c1ccc(C(F)(F)F)cc1. The highest BCUT2D eigenvalue weighted by atomic mass is 19.4. The highest BCUT2D eigenvalue weighted by molar-refractivity contribution is 5.77. The molecule has 0 bridgehead atoms. The third kappa shape index (κ3) is 4.20. The van der Waals surface area contributed by atoms with Crippen LogP contribution in [0.15, 0.2) is 24.3 Å². The Morgan fingerprint density at radius 1 is 1.24 bits per heavy atom. The Balaban J connectivity index is 1.96. The van der Waals surface area contributed by atoms with Gasteiger partial charge >= 0.3 is 6.18 Å². The number of piperazine rings is 1. The van der Waals surface area contributed by atoms with Crippen LogP contribution in [-0.4, -0.2) is 37.0 Å². The number of benzene rings is 1. The number of hydrogen-bond acceptors (Lipinski definition) is 2. The lowest BCUT2D eigenvalue weighted by molar-refractivity contribution is -0.137. The Morgan fingerprint density at radius 3 is 2.33 bits per heavy atom. The maximum absolute atomic E-state index is 12.5. The van der Waals surface area contributed by atoms with E-state index in [4.69, 9.17) is 0 Å². The highest BCUT2D eigenvalue weighted by Crippen LogP contribution is 2.30. The van der Waals surface area contributed by atoms with Gasteiger partial charge in [-0.1, -0.05) is 19.1 Å². The Hall–Kier alpha value is -1.56. The second kappa shape index (κ2) is 6.47. The molecule has 6 heteroatoms. The molecule has 0 aromatic heterocycles. The van der Waals surface area contributed by atoms with Crippen molar-refractivity contribution in [1.29, 1.82) is 0 Å². The summed E-state index contributed by atoms with van der Waals surface area (Å²) in [6.45, 7) is 4.83. The molecule has 1 unspecified atom stereocenters. The van der Waals surface area contributed by atoms with Crippen molar-refractivity contribution in [3.63, 3.8) is 0 Å². The summed E-state index contributed by atoms with van der Waals surface area (Å²) in [5.41, 5.74) is 0.0957. The number of hydrogen-bond donors (Lipinski definition) is 1. The first-order valence-corrected chi connectivity index (χ1v) is 7.03. The van der Waals surface area contributed by atoms with Gasteiger partial charge in [0.15, 0.2) is 0 Å². The van der Waals surface area contributed by atoms with Crippen molar-refractivity contribution in [2.75, 3.05) is 26.2 Å². The van der Waals surface area contributed by atoms with E-state index in [1.54, 1.807) is 4.90 Å². The minimum atomic E-state index is -4.32. The number of halogens is 3. The number of nitrogens with zero attached hydrogens (tertiary/aromatic N) is 1. The number of carbonyl (C=O) groups is 1. The van der Waals surface area contributed by atoms with Crippen molar-refractivity contribution in [1.82, 2.24) is 10.2 Å². The van der Waals surface area contributed by atoms with E-state index in [1.807, 2.05) is 6.92 Å². The summed E-state index contributed by atoms with van der Waals surface area (Å²) in [5, 5.41) is 3.17. The van der Waals surface area contributed by atoms with Crippen molar-refractivity contribution in [2.45, 2.75) is 25.4 Å². The molecule has 1 aliphatic heterocycles. The minimum Gasteiger partial charge on any atom is -0.340 e. The molecule has 1 aliphatic rings. The fourth-order valence-electron chi connectivity index (χ4n) is 2.42. The third-order valence-corrected chi connectivity index (χ3v) is 3.76. The van der Waals surface area contributed by atoms with Crippen LogP contribution in [0.4, 0.5) is 13.2 Å². The Morgan fingerprint density at radius 2 is 1.81 bits per heavy atom. The van der Waals surface area contributed by atoms with Crippen LogP contribution in [-0.2, 0) is 11.0 Å². The lowest BCUT2D eigenvalue weighted by Crippen LogP contribution is -2.46. The molecule has 0 spiro atoms. The molecule has 116 valence electrons. The molecule has 1 amide bonds. The standard InChI is InChI=1S/C15H19F3N2O/c1-11(10-14(21)20-8-6-19-7-9-20)12-2-4-13(5-3-12)15(16,17)18/h2-5,11,19H,6-10H2,1H3. The van der Waals surface area contributed by atoms with Crippen molar-refractivity contribution in [2.24, 2.45) is 0 Å². The van der Waals surface area contributed by atoms with Gasteiger partial charge in [0.05, 0.1) is 5.56 Å². The van der Waals surface area contributed by atoms with Crippen molar-refractivity contribution >= 4 is 5.91 Å². The van der Waals surface area contributed by atoms with Crippen LogP contribution in [0.2, 0.25) is 0 Å². The summed E-state index contributed by atoms with van der Waals surface area (Å²) >= 11 is 0. The Kier molecular flexibility index (Phi) is 4.88. The van der Waals surface area contributed by atoms with E-state index in [0.29, 0.717) is 19.5 Å². The van der Waals surface area contributed by atoms with Crippen LogP contribution in [0.25, 0.3) is 0 Å². The average Bonchev–Trinajstić information content (AvgIpc) is 2.47. The quantitative estimate of drug-likeness (QED) is 0.930. The highest BCUT2D eigenvalue weighted by Gasteiger charge is 2.30. The molecule has 21 heavy (non-hydrogen) atoms. The summed E-state index contributed by atoms with van der Waals surface area (Å²) < 4.78 is 37.5. The number of nitrogens with one attached hydrogen (secondary N) is 1. The predicted octanol–water partition coefficient (Wildman–Crippen LogP) is 2.63. The molecule has 1 aromatic carbocycles. The molecule has 1 N–H and O–H groups in total. The zero-order chi connectivity index (χ0) is 15.5. The number of carbonyl (C=O) groups excluding carboxylic acids is 1. The number of alkyl halides is 3. The summed E-state index contributed by atoms with van der Waals surface area (Å²) in [6.07, 6.45) is -4.00. The van der Waals surface area contributed by atoms with Gasteiger partial charge in [-0.2, -0.15) is 13.2 Å². The third-order valence-electron chi connectivity index (χ3n) is 3.76. The molecule has 0 saturated carbocycles. The molecule has 2 rings (SSSR count). The van der Waals surface area contributed by atoms with Crippen LogP contribution < -0.4 is 5.32 Å². The zero-order valence-corrected chi connectivity index (χ0v) is 11.9. The van der Waals surface area contributed by atoms with Crippen LogP contribution in [0.3, 0.4) is 0 Å². The van der Waals surface area contributed by atoms with E-state index < -0.39 is 11.7 Å². The molecule has 3 nitrogen and oxygen atoms in total. The maximum Gasteiger partial charge on any atom is 0.416 e. The van der Waals surface area contributed by atoms with Gasteiger partial charge in [0.1, 0.15) is 0 Å². The topological polar surface area (TPSA) is 32.3 Å². The maximum atomic E-state index is 12.5. The Bertz CT molecular complexity index is 479. The van der Waals surface area contributed by atoms with Gasteiger partial charge in [0.2, 0.25) is 5.91 Å². The lowest BCUT2D eigenvalue weighted by Gasteiger charge is -2.28. The van der Waals surface area contributed by atoms with Gasteiger partial charge in [-0.25, -0.2) is 0 Å². The Labute approximate surface area is 122 Å². The van der Waals surface area contributed by atoms with Gasteiger partial charge in [-0.05, 0) is 23.6 Å². The van der Waals surface area contributed by atoms with E-state index in [9.17, 15) is 18.0 Å². The smallest absolute Gasteiger partial charge is 0.340 e. The second-order valence-corrected chi connectivity index (χ2v) is 5.36. The molecule has 0 aliphatic carbocycles. The van der Waals surface area contributed by atoms with Crippen molar-refractivity contribution in [3.05, 3.63) is 35.4 Å². The molecule has 1 heterocycles. The first kappa shape index (κ1) is 15.8. The van der Waals surface area contributed by atoms with E-state index >= 15 is 0 Å². The van der Waals surface area contributed by atoms with Crippen LogP contribution >= 0.6 is 0 Å². The normalized spacial score (nSPS) is 17.6. The summed E-state index contributed by atoms with van der Waals surface area (Å²) in [4.78, 5) is 13.9. The minimum absolute atomic E-state index is 0.0592. The van der Waals surface area contributed by atoms with Crippen LogP contribution in [0.1, 0.15) is 30.4 Å². The van der Waals surface area contributed by atoms with Gasteiger partial charge in [-0.15, -0.1) is 0 Å². The number of rotatable bonds is 3. The van der Waals surface area contributed by atoms with E-state index in [-0.39, 0.29) is 11.8 Å². The lowest BCUT2D eigenvalue weighted by atomic mass is 9.96. The molecule has 0 radical (unpaired) electrons. The van der Waals surface area contributed by atoms with Crippen LogP contribution in [0, 0.1) is 0 Å². The fraction of sp³-hybridized carbons (Fsp3) is 0.533. The van der Waals surface area contributed by atoms with E-state index in [2.05, 4.69) is 5.32 Å². The molecular weight excluding hydrogens is 281 g/mol. The van der Waals surface area contributed by atoms with E-state index in [0.717, 1.165) is 30.8 Å². The molecular formula is C15H19F3N2O. The molecule has 1 aromatic rings. The predicted molar refractivity (Wildman–Crippen MR) is 73.9 cm³/mol. The molecule has 1 atom stereocenters. The van der Waals surface area contributed by atoms with Crippen LogP contribution in [0.5, 0.6) is 0 Å². The first-order chi connectivity index (χ1) is 9.88. The van der Waals surface area contributed by atoms with Crippen molar-refractivity contribution < 1.29 is 18.0 Å². The zero-order valence-electron chi connectivity index (χ0n) is 11.9. The summed E-state index contributed by atoms with van der Waals surface area (Å²) in [7, 11) is 0. The largest absolute Gasteiger partial charge is 0.416 e. The van der Waals surface area contributed by atoms with Gasteiger partial charge in [-0.3, -0.25) is 4.79 Å². The van der Waals surface area contributed by atoms with Gasteiger partial charge in [0, 0.05) is 32.6 Å². The fourth-order valence-corrected chi connectivity index (χ4v) is 2.42. The monoisotopic (exact) mass is 300 g/mol. The molecule has 1 fully saturated rings. The first-order valence-electron chi connectivity index (χ1n) is 7.03. The average molecular weight is 300 g/mol. The van der Waals surface area contributed by atoms with E-state index in [1.165, 1.54) is 12.1 Å². The van der Waals surface area contributed by atoms with Gasteiger partial charge < -0.3 is 10.2 Å².